The van der Waals surface area contributed by atoms with E-state index in [4.69, 9.17) is 16.7 Å². The van der Waals surface area contributed by atoms with Gasteiger partial charge in [-0.2, -0.15) is 0 Å². The maximum absolute atomic E-state index is 13.3. The van der Waals surface area contributed by atoms with Gasteiger partial charge in [-0.05, 0) is 31.2 Å². The van der Waals surface area contributed by atoms with Gasteiger partial charge in [-0.25, -0.2) is 9.18 Å². The Labute approximate surface area is 96.4 Å². The highest BCUT2D eigenvalue weighted by Gasteiger charge is 2.32. The van der Waals surface area contributed by atoms with Crippen LogP contribution in [0.3, 0.4) is 0 Å². The van der Waals surface area contributed by atoms with Gasteiger partial charge < -0.3 is 5.11 Å². The van der Waals surface area contributed by atoms with Crippen molar-refractivity contribution in [1.29, 1.82) is 0 Å². The Morgan fingerprint density at radius 2 is 2.07 bits per heavy atom. The first-order valence-corrected chi connectivity index (χ1v) is 5.59. The van der Waals surface area contributed by atoms with Crippen molar-refractivity contribution in [2.75, 3.05) is 5.75 Å². The average molecular weight is 249 g/mol. The van der Waals surface area contributed by atoms with E-state index >= 15 is 0 Å². The Hall–Kier alpha value is -0.740. The summed E-state index contributed by atoms with van der Waals surface area (Å²) in [6, 6.07) is 6.82. The molecule has 0 aromatic heterocycles. The highest BCUT2D eigenvalue weighted by Crippen LogP contribution is 2.26. The Bertz CT molecular complexity index is 351. The molecule has 0 radical (unpaired) electrons. The van der Waals surface area contributed by atoms with Crippen molar-refractivity contribution < 1.29 is 14.3 Å². The first-order valence-electron chi connectivity index (χ1n) is 4.22. The minimum absolute atomic E-state index is 0.121. The lowest BCUT2D eigenvalue weighted by Gasteiger charge is -2.13. The molecule has 0 amide bonds. The first kappa shape index (κ1) is 12.3. The fraction of sp³-hybridized carbons (Fsp3) is 0.300. The van der Waals surface area contributed by atoms with Crippen LogP contribution in [0.1, 0.15) is 6.92 Å². The summed E-state index contributed by atoms with van der Waals surface area (Å²) in [5.74, 6) is -1.56. The van der Waals surface area contributed by atoms with E-state index in [9.17, 15) is 9.18 Å². The van der Waals surface area contributed by atoms with Crippen LogP contribution in [-0.2, 0) is 4.79 Å². The molecule has 2 nitrogen and oxygen atoms in total. The number of benzene rings is 1. The molecule has 5 heteroatoms. The molecule has 1 atom stereocenters. The lowest BCUT2D eigenvalue weighted by molar-refractivity contribution is -0.148. The molecule has 15 heavy (non-hydrogen) atoms. The summed E-state index contributed by atoms with van der Waals surface area (Å²) in [6.45, 7) is 1.05. The number of carboxylic acid groups (broad SMARTS) is 1. The predicted octanol–water partition coefficient (Wildman–Crippen LogP) is 3.24. The molecule has 1 rings (SSSR count). The number of carbonyl (C=O) groups is 1. The standard InChI is InChI=1S/C10H10ClFO2S/c1-10(12,9(13)14)6-15-8-4-2-7(11)3-5-8/h2-5H,6H2,1H3,(H,13,14). The van der Waals surface area contributed by atoms with Crippen LogP contribution in [0.5, 0.6) is 0 Å². The van der Waals surface area contributed by atoms with Crippen LogP contribution in [0, 0.1) is 0 Å². The van der Waals surface area contributed by atoms with E-state index in [0.29, 0.717) is 5.02 Å². The van der Waals surface area contributed by atoms with Crippen LogP contribution in [0.15, 0.2) is 29.2 Å². The zero-order valence-electron chi connectivity index (χ0n) is 8.04. The molecule has 0 bridgehead atoms. The molecule has 0 heterocycles. The highest BCUT2D eigenvalue weighted by molar-refractivity contribution is 7.99. The summed E-state index contributed by atoms with van der Waals surface area (Å²) in [5.41, 5.74) is -2.20. The number of halogens is 2. The van der Waals surface area contributed by atoms with Gasteiger partial charge >= 0.3 is 5.97 Å². The molecule has 0 aliphatic heterocycles. The van der Waals surface area contributed by atoms with Gasteiger partial charge in [-0.3, -0.25) is 0 Å². The molecule has 1 unspecified atom stereocenters. The van der Waals surface area contributed by atoms with E-state index < -0.39 is 11.6 Å². The van der Waals surface area contributed by atoms with Gasteiger partial charge in [0.1, 0.15) is 0 Å². The quantitative estimate of drug-likeness (QED) is 0.832. The molecule has 0 fully saturated rings. The molecule has 0 aliphatic rings. The van der Waals surface area contributed by atoms with E-state index in [2.05, 4.69) is 0 Å². The monoisotopic (exact) mass is 248 g/mol. The number of hydrogen-bond donors (Lipinski definition) is 1. The molecule has 0 saturated heterocycles. The number of hydrogen-bond acceptors (Lipinski definition) is 2. The molecule has 0 aliphatic carbocycles. The van der Waals surface area contributed by atoms with E-state index in [1.165, 1.54) is 0 Å². The second kappa shape index (κ2) is 4.86. The summed E-state index contributed by atoms with van der Waals surface area (Å²) < 4.78 is 13.3. The van der Waals surface area contributed by atoms with Crippen molar-refractivity contribution in [3.63, 3.8) is 0 Å². The molecule has 1 aromatic carbocycles. The summed E-state index contributed by atoms with van der Waals surface area (Å²) in [6.07, 6.45) is 0. The SMILES string of the molecule is CC(F)(CSc1ccc(Cl)cc1)C(=O)O. The smallest absolute Gasteiger partial charge is 0.342 e. The molecular formula is C10H10ClFO2S. The van der Waals surface area contributed by atoms with Gasteiger partial charge in [-0.1, -0.05) is 11.6 Å². The number of aliphatic carboxylic acids is 1. The zero-order chi connectivity index (χ0) is 11.5. The molecule has 82 valence electrons. The second-order valence-corrected chi connectivity index (χ2v) is 4.73. The normalized spacial score (nSPS) is 14.6. The molecule has 0 spiro atoms. The Kier molecular flexibility index (Phi) is 3.99. The van der Waals surface area contributed by atoms with E-state index in [1.807, 2.05) is 0 Å². The van der Waals surface area contributed by atoms with Gasteiger partial charge in [-0.15, -0.1) is 11.8 Å². The van der Waals surface area contributed by atoms with Gasteiger partial charge in [0.15, 0.2) is 0 Å². The van der Waals surface area contributed by atoms with Crippen molar-refractivity contribution in [3.05, 3.63) is 29.3 Å². The lowest BCUT2D eigenvalue weighted by Crippen LogP contribution is -2.32. The number of thioether (sulfide) groups is 1. The lowest BCUT2D eigenvalue weighted by atomic mass is 10.2. The minimum Gasteiger partial charge on any atom is -0.479 e. The van der Waals surface area contributed by atoms with Crippen molar-refractivity contribution in [1.82, 2.24) is 0 Å². The molecular weight excluding hydrogens is 239 g/mol. The topological polar surface area (TPSA) is 37.3 Å². The molecule has 1 N–H and O–H groups in total. The first-order chi connectivity index (χ1) is 6.92. The summed E-state index contributed by atoms with van der Waals surface area (Å²) in [7, 11) is 0. The van der Waals surface area contributed by atoms with Crippen LogP contribution in [-0.4, -0.2) is 22.5 Å². The van der Waals surface area contributed by atoms with E-state index in [-0.39, 0.29) is 5.75 Å². The second-order valence-electron chi connectivity index (χ2n) is 3.25. The van der Waals surface area contributed by atoms with Crippen LogP contribution in [0.2, 0.25) is 5.02 Å². The number of rotatable bonds is 4. The molecule has 1 aromatic rings. The Balaban J connectivity index is 2.57. The van der Waals surface area contributed by atoms with Crippen molar-refractivity contribution >= 4 is 29.3 Å². The summed E-state index contributed by atoms with van der Waals surface area (Å²) in [4.78, 5) is 11.3. The van der Waals surface area contributed by atoms with Gasteiger partial charge in [0.25, 0.3) is 0 Å². The van der Waals surface area contributed by atoms with Crippen molar-refractivity contribution in [3.8, 4) is 0 Å². The average Bonchev–Trinajstić information content (AvgIpc) is 2.17. The van der Waals surface area contributed by atoms with Gasteiger partial charge in [0.05, 0.1) is 0 Å². The minimum atomic E-state index is -2.20. The van der Waals surface area contributed by atoms with E-state index in [1.54, 1.807) is 24.3 Å². The van der Waals surface area contributed by atoms with E-state index in [0.717, 1.165) is 23.6 Å². The summed E-state index contributed by atoms with van der Waals surface area (Å²) >= 11 is 6.82. The maximum Gasteiger partial charge on any atom is 0.342 e. The fourth-order valence-corrected chi connectivity index (χ4v) is 1.83. The third-order valence-electron chi connectivity index (χ3n) is 1.77. The van der Waals surface area contributed by atoms with Crippen molar-refractivity contribution in [2.24, 2.45) is 0 Å². The maximum atomic E-state index is 13.3. The Morgan fingerprint density at radius 3 is 2.53 bits per heavy atom. The molecule has 0 saturated carbocycles. The number of carboxylic acids is 1. The van der Waals surface area contributed by atoms with Crippen LogP contribution in [0.4, 0.5) is 4.39 Å². The zero-order valence-corrected chi connectivity index (χ0v) is 9.61. The van der Waals surface area contributed by atoms with Gasteiger partial charge in [0, 0.05) is 15.7 Å². The fourth-order valence-electron chi connectivity index (χ4n) is 0.811. The summed E-state index contributed by atoms with van der Waals surface area (Å²) in [5, 5.41) is 9.15. The largest absolute Gasteiger partial charge is 0.479 e. The Morgan fingerprint density at radius 1 is 1.53 bits per heavy atom. The highest BCUT2D eigenvalue weighted by atomic mass is 35.5. The third-order valence-corrected chi connectivity index (χ3v) is 3.31. The van der Waals surface area contributed by atoms with Crippen molar-refractivity contribution in [2.45, 2.75) is 17.5 Å². The van der Waals surface area contributed by atoms with Crippen LogP contribution < -0.4 is 0 Å². The van der Waals surface area contributed by atoms with Crippen LogP contribution >= 0.6 is 23.4 Å². The number of alkyl halides is 1. The third kappa shape index (κ3) is 3.72. The van der Waals surface area contributed by atoms with Crippen LogP contribution in [0.25, 0.3) is 0 Å². The van der Waals surface area contributed by atoms with Gasteiger partial charge in [0.2, 0.25) is 5.67 Å². The predicted molar refractivity (Wildman–Crippen MR) is 59.3 cm³/mol.